The molecule has 2 aliphatic heterocycles. The van der Waals surface area contributed by atoms with Gasteiger partial charge in [-0.2, -0.15) is 0 Å². The van der Waals surface area contributed by atoms with Crippen LogP contribution in [0.4, 0.5) is 0 Å². The molecule has 1 N–H and O–H groups in total. The Morgan fingerprint density at radius 2 is 1.55 bits per heavy atom. The van der Waals surface area contributed by atoms with Gasteiger partial charge in [0, 0.05) is 24.2 Å². The van der Waals surface area contributed by atoms with E-state index in [1.807, 2.05) is 0 Å². The minimum atomic E-state index is 0.832. The van der Waals surface area contributed by atoms with Gasteiger partial charge in [-0.05, 0) is 69.7 Å². The first-order chi connectivity index (χ1) is 9.67. The van der Waals surface area contributed by atoms with Gasteiger partial charge in [-0.1, -0.05) is 20.8 Å². The van der Waals surface area contributed by atoms with Crippen molar-refractivity contribution in [2.45, 2.75) is 96.3 Å². The Kier molecular flexibility index (Phi) is 4.72. The molecule has 2 heteroatoms. The van der Waals surface area contributed by atoms with Crippen molar-refractivity contribution in [1.29, 1.82) is 0 Å². The number of nitrogens with zero attached hydrogens (tertiary/aromatic N) is 1. The highest BCUT2D eigenvalue weighted by Crippen LogP contribution is 2.36. The van der Waals surface area contributed by atoms with Crippen molar-refractivity contribution in [3.05, 3.63) is 0 Å². The molecular weight excluding hydrogens is 244 g/mol. The van der Waals surface area contributed by atoms with Crippen LogP contribution in [-0.4, -0.2) is 35.6 Å². The van der Waals surface area contributed by atoms with Gasteiger partial charge >= 0.3 is 0 Å². The summed E-state index contributed by atoms with van der Waals surface area (Å²) in [4.78, 5) is 2.94. The lowest BCUT2D eigenvalue weighted by Crippen LogP contribution is -2.53. The molecule has 20 heavy (non-hydrogen) atoms. The van der Waals surface area contributed by atoms with Crippen LogP contribution in [0.1, 0.15) is 72.1 Å². The molecule has 3 fully saturated rings. The Hall–Kier alpha value is -0.0800. The number of piperidine rings is 1. The summed E-state index contributed by atoms with van der Waals surface area (Å²) >= 11 is 0. The van der Waals surface area contributed by atoms with Crippen molar-refractivity contribution in [3.63, 3.8) is 0 Å². The Balaban J connectivity index is 1.65. The predicted molar refractivity (Wildman–Crippen MR) is 85.9 cm³/mol. The summed E-state index contributed by atoms with van der Waals surface area (Å²) in [5.41, 5.74) is 0. The molecule has 2 heterocycles. The van der Waals surface area contributed by atoms with E-state index in [4.69, 9.17) is 0 Å². The molecule has 116 valence electrons. The second-order valence-corrected chi connectivity index (χ2v) is 7.92. The molecule has 2 saturated heterocycles. The standard InChI is InChI=1S/C18H34N2/c1-4-9-20(17-8-5-13(2)14(3)10-17)18-11-15-6-7-16(12-18)19-15/h13-19H,4-12H2,1-3H3. The minimum absolute atomic E-state index is 0.832. The van der Waals surface area contributed by atoms with Crippen LogP contribution in [-0.2, 0) is 0 Å². The van der Waals surface area contributed by atoms with Gasteiger partial charge in [0.05, 0.1) is 0 Å². The summed E-state index contributed by atoms with van der Waals surface area (Å²) in [7, 11) is 0. The molecule has 0 amide bonds. The van der Waals surface area contributed by atoms with Gasteiger partial charge < -0.3 is 5.32 Å². The van der Waals surface area contributed by atoms with Crippen LogP contribution < -0.4 is 5.32 Å². The summed E-state index contributed by atoms with van der Waals surface area (Å²) in [5.74, 6) is 1.87. The van der Waals surface area contributed by atoms with E-state index in [2.05, 4.69) is 31.0 Å². The van der Waals surface area contributed by atoms with Gasteiger partial charge in [0.15, 0.2) is 0 Å². The summed E-state index contributed by atoms with van der Waals surface area (Å²) in [6.45, 7) is 8.62. The molecule has 2 bridgehead atoms. The van der Waals surface area contributed by atoms with Gasteiger partial charge in [0.2, 0.25) is 0 Å². The van der Waals surface area contributed by atoms with Crippen molar-refractivity contribution >= 4 is 0 Å². The molecular formula is C18H34N2. The van der Waals surface area contributed by atoms with Gasteiger partial charge in [0.25, 0.3) is 0 Å². The summed E-state index contributed by atoms with van der Waals surface area (Å²) in [5, 5.41) is 3.81. The lowest BCUT2D eigenvalue weighted by Gasteiger charge is -2.45. The zero-order valence-electron chi connectivity index (χ0n) is 13.8. The van der Waals surface area contributed by atoms with E-state index in [1.54, 1.807) is 0 Å². The van der Waals surface area contributed by atoms with Gasteiger partial charge in [0.1, 0.15) is 0 Å². The van der Waals surface area contributed by atoms with Crippen LogP contribution in [0.2, 0.25) is 0 Å². The summed E-state index contributed by atoms with van der Waals surface area (Å²) in [6, 6.07) is 3.42. The first kappa shape index (κ1) is 14.8. The first-order valence-electron chi connectivity index (χ1n) is 9.19. The van der Waals surface area contributed by atoms with Crippen LogP contribution in [0.15, 0.2) is 0 Å². The van der Waals surface area contributed by atoms with E-state index >= 15 is 0 Å². The Bertz CT molecular complexity index is 305. The van der Waals surface area contributed by atoms with Crippen LogP contribution in [0, 0.1) is 11.8 Å². The van der Waals surface area contributed by atoms with Crippen LogP contribution >= 0.6 is 0 Å². The van der Waals surface area contributed by atoms with E-state index in [9.17, 15) is 0 Å². The number of nitrogens with one attached hydrogen (secondary N) is 1. The first-order valence-corrected chi connectivity index (χ1v) is 9.19. The third-order valence-electron chi connectivity index (χ3n) is 6.44. The maximum absolute atomic E-state index is 3.81. The lowest BCUT2D eigenvalue weighted by atomic mass is 9.77. The summed E-state index contributed by atoms with van der Waals surface area (Å²) in [6.07, 6.45) is 11.3. The van der Waals surface area contributed by atoms with Crippen molar-refractivity contribution in [1.82, 2.24) is 10.2 Å². The summed E-state index contributed by atoms with van der Waals surface area (Å²) < 4.78 is 0. The molecule has 0 spiro atoms. The fourth-order valence-electron chi connectivity index (χ4n) is 5.04. The molecule has 0 aromatic carbocycles. The Labute approximate surface area is 125 Å². The van der Waals surface area contributed by atoms with Gasteiger partial charge in [-0.15, -0.1) is 0 Å². The predicted octanol–water partition coefficient (Wildman–Crippen LogP) is 3.81. The fraction of sp³-hybridized carbons (Fsp3) is 1.00. The van der Waals surface area contributed by atoms with Gasteiger partial charge in [-0.25, -0.2) is 0 Å². The smallest absolute Gasteiger partial charge is 0.0128 e. The number of hydrogen-bond donors (Lipinski definition) is 1. The number of fused-ring (bicyclic) bond motifs is 2. The second-order valence-electron chi connectivity index (χ2n) is 7.92. The second kappa shape index (κ2) is 6.36. The van der Waals surface area contributed by atoms with Crippen LogP contribution in [0.25, 0.3) is 0 Å². The molecule has 5 atom stereocenters. The van der Waals surface area contributed by atoms with Crippen molar-refractivity contribution in [3.8, 4) is 0 Å². The minimum Gasteiger partial charge on any atom is -0.311 e. The van der Waals surface area contributed by atoms with E-state index in [-0.39, 0.29) is 0 Å². The molecule has 0 radical (unpaired) electrons. The third-order valence-corrected chi connectivity index (χ3v) is 6.44. The molecule has 0 aromatic rings. The van der Waals surface area contributed by atoms with E-state index in [0.717, 1.165) is 36.0 Å². The zero-order chi connectivity index (χ0) is 14.1. The van der Waals surface area contributed by atoms with Crippen LogP contribution in [0.3, 0.4) is 0 Å². The zero-order valence-corrected chi connectivity index (χ0v) is 13.8. The monoisotopic (exact) mass is 278 g/mol. The van der Waals surface area contributed by atoms with Crippen LogP contribution in [0.5, 0.6) is 0 Å². The molecule has 1 saturated carbocycles. The van der Waals surface area contributed by atoms with E-state index in [1.165, 1.54) is 57.9 Å². The van der Waals surface area contributed by atoms with Crippen molar-refractivity contribution in [2.24, 2.45) is 11.8 Å². The van der Waals surface area contributed by atoms with Crippen molar-refractivity contribution in [2.75, 3.05) is 6.54 Å². The SMILES string of the molecule is CCCN(C1CC2CCC(C1)N2)C1CCC(C)C(C)C1. The Morgan fingerprint density at radius 1 is 0.850 bits per heavy atom. The third kappa shape index (κ3) is 3.06. The highest BCUT2D eigenvalue weighted by atomic mass is 15.2. The van der Waals surface area contributed by atoms with E-state index < -0.39 is 0 Å². The molecule has 0 aromatic heterocycles. The average molecular weight is 278 g/mol. The molecule has 3 rings (SSSR count). The Morgan fingerprint density at radius 3 is 2.15 bits per heavy atom. The van der Waals surface area contributed by atoms with Crippen molar-refractivity contribution < 1.29 is 0 Å². The highest BCUT2D eigenvalue weighted by molar-refractivity contribution is 4.97. The maximum atomic E-state index is 3.81. The fourth-order valence-corrected chi connectivity index (χ4v) is 5.04. The highest BCUT2D eigenvalue weighted by Gasteiger charge is 2.39. The number of rotatable bonds is 4. The maximum Gasteiger partial charge on any atom is 0.0128 e. The van der Waals surface area contributed by atoms with Gasteiger partial charge in [-0.3, -0.25) is 4.90 Å². The normalized spacial score (nSPS) is 45.0. The van der Waals surface area contributed by atoms with E-state index in [0.29, 0.717) is 0 Å². The lowest BCUT2D eigenvalue weighted by molar-refractivity contribution is 0.0489. The average Bonchev–Trinajstić information content (AvgIpc) is 2.78. The number of hydrogen-bond acceptors (Lipinski definition) is 2. The molecule has 5 unspecified atom stereocenters. The topological polar surface area (TPSA) is 15.3 Å². The molecule has 3 aliphatic rings. The molecule has 1 aliphatic carbocycles. The quantitative estimate of drug-likeness (QED) is 0.841. The largest absolute Gasteiger partial charge is 0.311 e. The molecule has 2 nitrogen and oxygen atoms in total.